The van der Waals surface area contributed by atoms with Crippen LogP contribution in [0.4, 0.5) is 14.5 Å². The molecule has 1 N–H and O–H groups in total. The van der Waals surface area contributed by atoms with Gasteiger partial charge in [-0.05, 0) is 36.4 Å². The average Bonchev–Trinajstić information content (AvgIpc) is 3.18. The number of aromatic nitrogens is 2. The highest BCUT2D eigenvalue weighted by Gasteiger charge is 2.15. The molecule has 0 aliphatic carbocycles. The van der Waals surface area contributed by atoms with Gasteiger partial charge in [-0.3, -0.25) is 9.59 Å². The van der Waals surface area contributed by atoms with Crippen LogP contribution in [0.2, 0.25) is 0 Å². The Balaban J connectivity index is 1.69. The topological polar surface area (TPSA) is 82.5 Å². The highest BCUT2D eigenvalue weighted by Crippen LogP contribution is 2.33. The van der Waals surface area contributed by atoms with E-state index in [9.17, 15) is 18.4 Å². The molecule has 3 aromatic rings. The maximum absolute atomic E-state index is 12.7. The van der Waals surface area contributed by atoms with Crippen molar-refractivity contribution in [2.45, 2.75) is 6.61 Å². The van der Waals surface area contributed by atoms with Gasteiger partial charge in [0.15, 0.2) is 17.3 Å². The second kappa shape index (κ2) is 9.66. The van der Waals surface area contributed by atoms with Gasteiger partial charge in [-0.25, -0.2) is 4.98 Å². The number of carbonyl (C=O) groups is 2. The van der Waals surface area contributed by atoms with Gasteiger partial charge in [0, 0.05) is 42.3 Å². The molecule has 0 fully saturated rings. The number of aryl methyl sites for hydroxylation is 1. The van der Waals surface area contributed by atoms with Crippen LogP contribution in [0.15, 0.2) is 60.9 Å². The Hall–Kier alpha value is -4.01. The van der Waals surface area contributed by atoms with E-state index in [1.165, 1.54) is 37.6 Å². The summed E-state index contributed by atoms with van der Waals surface area (Å²) in [7, 11) is 3.05. The summed E-state index contributed by atoms with van der Waals surface area (Å²) in [6.07, 6.45) is 5.73. The van der Waals surface area contributed by atoms with Gasteiger partial charge in [-0.15, -0.1) is 0 Å². The van der Waals surface area contributed by atoms with E-state index in [1.807, 2.05) is 0 Å². The first kappa shape index (κ1) is 21.7. The van der Waals surface area contributed by atoms with E-state index in [0.29, 0.717) is 17.1 Å². The maximum atomic E-state index is 12.7. The lowest BCUT2D eigenvalue weighted by Gasteiger charge is -2.12. The monoisotopic (exact) mass is 427 g/mol. The summed E-state index contributed by atoms with van der Waals surface area (Å²) in [5.41, 5.74) is 1.14. The second-order valence-corrected chi connectivity index (χ2v) is 6.35. The number of nitrogens with zero attached hydrogens (tertiary/aromatic N) is 2. The average molecular weight is 427 g/mol. The number of anilines is 1. The molecule has 0 aliphatic heterocycles. The first-order chi connectivity index (χ1) is 14.9. The first-order valence-electron chi connectivity index (χ1n) is 9.12. The van der Waals surface area contributed by atoms with Crippen LogP contribution in [-0.2, 0) is 11.8 Å². The van der Waals surface area contributed by atoms with Crippen molar-refractivity contribution in [1.82, 2.24) is 9.55 Å². The lowest BCUT2D eigenvalue weighted by molar-refractivity contribution is -0.111. The fourth-order valence-corrected chi connectivity index (χ4v) is 2.81. The summed E-state index contributed by atoms with van der Waals surface area (Å²) in [5, 5.41) is 2.64. The molecular formula is C22H19F2N3O4. The minimum atomic E-state index is -3.04. The van der Waals surface area contributed by atoms with Crippen molar-refractivity contribution in [1.29, 1.82) is 0 Å². The number of hydrogen-bond donors (Lipinski definition) is 1. The molecule has 0 unspecified atom stereocenters. The van der Waals surface area contributed by atoms with Gasteiger partial charge >= 0.3 is 6.61 Å². The molecule has 9 heteroatoms. The maximum Gasteiger partial charge on any atom is 0.387 e. The zero-order chi connectivity index (χ0) is 22.4. The lowest BCUT2D eigenvalue weighted by Crippen LogP contribution is -2.10. The molecule has 7 nitrogen and oxygen atoms in total. The second-order valence-electron chi connectivity index (χ2n) is 6.35. The third kappa shape index (κ3) is 5.33. The first-order valence-corrected chi connectivity index (χ1v) is 9.12. The number of ketones is 1. The highest BCUT2D eigenvalue weighted by molar-refractivity contribution is 6.07. The van der Waals surface area contributed by atoms with Crippen molar-refractivity contribution >= 4 is 23.5 Å². The Bertz CT molecular complexity index is 1110. The largest absolute Gasteiger partial charge is 0.493 e. The summed E-state index contributed by atoms with van der Waals surface area (Å²) in [5.74, 6) is -0.472. The molecule has 1 aromatic heterocycles. The number of amides is 1. The molecule has 1 heterocycles. The summed E-state index contributed by atoms with van der Waals surface area (Å²) in [6, 6.07) is 10.9. The van der Waals surface area contributed by atoms with Crippen LogP contribution in [0.3, 0.4) is 0 Å². The predicted molar refractivity (Wildman–Crippen MR) is 110 cm³/mol. The Morgan fingerprint density at radius 2 is 1.90 bits per heavy atom. The number of benzene rings is 2. The van der Waals surface area contributed by atoms with Gasteiger partial charge < -0.3 is 19.4 Å². The lowest BCUT2D eigenvalue weighted by atomic mass is 10.1. The smallest absolute Gasteiger partial charge is 0.387 e. The molecule has 0 aliphatic rings. The van der Waals surface area contributed by atoms with E-state index in [2.05, 4.69) is 15.0 Å². The van der Waals surface area contributed by atoms with Gasteiger partial charge in [0.25, 0.3) is 0 Å². The van der Waals surface area contributed by atoms with E-state index >= 15 is 0 Å². The van der Waals surface area contributed by atoms with Gasteiger partial charge in [-0.2, -0.15) is 8.78 Å². The number of nitrogens with one attached hydrogen (secondary N) is 1. The van der Waals surface area contributed by atoms with Gasteiger partial charge in [0.2, 0.25) is 11.7 Å². The molecule has 0 atom stereocenters. The van der Waals surface area contributed by atoms with Crippen molar-refractivity contribution in [3.05, 3.63) is 77.9 Å². The fraction of sp³-hybridized carbons (Fsp3) is 0.136. The number of hydrogen-bond acceptors (Lipinski definition) is 5. The van der Waals surface area contributed by atoms with Gasteiger partial charge in [-0.1, -0.05) is 12.1 Å². The van der Waals surface area contributed by atoms with Gasteiger partial charge in [0.05, 0.1) is 7.11 Å². The van der Waals surface area contributed by atoms with Crippen LogP contribution < -0.4 is 14.8 Å². The highest BCUT2D eigenvalue weighted by atomic mass is 19.3. The molecule has 31 heavy (non-hydrogen) atoms. The van der Waals surface area contributed by atoms with Crippen LogP contribution in [0, 0.1) is 0 Å². The van der Waals surface area contributed by atoms with Gasteiger partial charge in [0.1, 0.15) is 0 Å². The SMILES string of the molecule is COc1cccc(/C=C/C(=O)Nc2ccc(C(=O)c3nccn3C)cc2)c1OC(F)F. The van der Waals surface area contributed by atoms with Crippen LogP contribution in [-0.4, -0.2) is 35.0 Å². The molecule has 3 rings (SSSR count). The van der Waals surface area contributed by atoms with Crippen LogP contribution in [0.25, 0.3) is 6.08 Å². The normalized spacial score (nSPS) is 11.0. The molecule has 2 aromatic carbocycles. The Kier molecular flexibility index (Phi) is 6.76. The molecule has 0 bridgehead atoms. The number of ether oxygens (including phenoxy) is 2. The zero-order valence-corrected chi connectivity index (χ0v) is 16.7. The molecular weight excluding hydrogens is 408 g/mol. The van der Waals surface area contributed by atoms with Crippen LogP contribution in [0.1, 0.15) is 21.7 Å². The van der Waals surface area contributed by atoms with Crippen molar-refractivity contribution in [2.75, 3.05) is 12.4 Å². The summed E-state index contributed by atoms with van der Waals surface area (Å²) < 4.78 is 36.5. The number of para-hydroxylation sites is 1. The quantitative estimate of drug-likeness (QED) is 0.435. The van der Waals surface area contributed by atoms with Crippen LogP contribution in [0.5, 0.6) is 11.5 Å². The van der Waals surface area contributed by atoms with Crippen molar-refractivity contribution in [3.63, 3.8) is 0 Å². The molecule has 160 valence electrons. The van der Waals surface area contributed by atoms with E-state index in [0.717, 1.165) is 0 Å². The molecule has 0 spiro atoms. The molecule has 1 amide bonds. The number of rotatable bonds is 8. The molecule has 0 saturated carbocycles. The van der Waals surface area contributed by atoms with E-state index in [1.54, 1.807) is 48.1 Å². The fourth-order valence-electron chi connectivity index (χ4n) is 2.81. The third-order valence-corrected chi connectivity index (χ3v) is 4.29. The molecule has 0 saturated heterocycles. The van der Waals surface area contributed by atoms with Crippen molar-refractivity contribution < 1.29 is 27.8 Å². The summed E-state index contributed by atoms with van der Waals surface area (Å²) in [4.78, 5) is 28.7. The third-order valence-electron chi connectivity index (χ3n) is 4.29. The Labute approximate surface area is 176 Å². The number of carbonyl (C=O) groups excluding carboxylic acids is 2. The zero-order valence-electron chi connectivity index (χ0n) is 16.7. The number of imidazole rings is 1. The predicted octanol–water partition coefficient (Wildman–Crippen LogP) is 3.91. The molecule has 0 radical (unpaired) electrons. The summed E-state index contributed by atoms with van der Waals surface area (Å²) >= 11 is 0. The minimum absolute atomic E-state index is 0.121. The van der Waals surface area contributed by atoms with E-state index < -0.39 is 12.5 Å². The van der Waals surface area contributed by atoms with Crippen molar-refractivity contribution in [3.8, 4) is 11.5 Å². The van der Waals surface area contributed by atoms with E-state index in [4.69, 9.17) is 4.74 Å². The Morgan fingerprint density at radius 3 is 2.52 bits per heavy atom. The summed E-state index contributed by atoms with van der Waals surface area (Å²) in [6.45, 7) is -3.04. The number of halogens is 2. The van der Waals surface area contributed by atoms with Crippen LogP contribution >= 0.6 is 0 Å². The number of methoxy groups -OCH3 is 1. The van der Waals surface area contributed by atoms with E-state index in [-0.39, 0.29) is 22.8 Å². The van der Waals surface area contributed by atoms with Crippen molar-refractivity contribution in [2.24, 2.45) is 7.05 Å². The standard InChI is InChI=1S/C22H19F2N3O4/c1-27-13-12-25-21(27)19(29)14-6-9-16(10-7-14)26-18(28)11-8-15-4-3-5-17(30-2)20(15)31-22(23)24/h3-13,22H,1-2H3,(H,26,28)/b11-8+. The minimum Gasteiger partial charge on any atom is -0.493 e. The number of alkyl halides is 2. The Morgan fingerprint density at radius 1 is 1.16 bits per heavy atom.